The molecule has 0 heterocycles. The van der Waals surface area contributed by atoms with Gasteiger partial charge in [-0.1, -0.05) is 0 Å². The number of aliphatic hydroxyl groups is 3. The summed E-state index contributed by atoms with van der Waals surface area (Å²) in [5.74, 6) is 0. The summed E-state index contributed by atoms with van der Waals surface area (Å²) in [5, 5.41) is 22.7. The predicted molar refractivity (Wildman–Crippen MR) is 44.0 cm³/mol. The first kappa shape index (κ1) is 22.5. The van der Waals surface area contributed by atoms with Gasteiger partial charge in [0, 0.05) is 71.2 Å². The van der Waals surface area contributed by atoms with E-state index in [1.807, 2.05) is 0 Å². The van der Waals surface area contributed by atoms with E-state index in [-0.39, 0.29) is 71.2 Å². The summed E-state index contributed by atoms with van der Waals surface area (Å²) in [6.07, 6.45) is 0. The van der Waals surface area contributed by atoms with Crippen molar-refractivity contribution in [3.8, 4) is 0 Å². The van der Waals surface area contributed by atoms with Crippen LogP contribution in [0.1, 0.15) is 20.8 Å². The molecule has 0 saturated heterocycles. The monoisotopic (exact) mass is 177 g/mol. The van der Waals surface area contributed by atoms with Crippen molar-refractivity contribution in [1.29, 1.82) is 0 Å². The molecule has 0 amide bonds. The molecule has 10 heavy (non-hydrogen) atoms. The van der Waals surface area contributed by atoms with Crippen LogP contribution in [0.5, 0.6) is 0 Å². The maximum Gasteiger partial charge on any atom is 0.0402 e. The minimum absolute atomic E-state index is 0. The van der Waals surface area contributed by atoms with E-state index < -0.39 is 0 Å². The third-order valence-corrected chi connectivity index (χ3v) is 0. The molecule has 4 heteroatoms. The molecule has 0 aliphatic rings. The SMILES string of the molecule is CCO.CCO.CCO.[K]. The fourth-order valence-electron chi connectivity index (χ4n) is 0. The molecule has 0 atom stereocenters. The van der Waals surface area contributed by atoms with Crippen LogP contribution in [-0.4, -0.2) is 86.5 Å². The van der Waals surface area contributed by atoms with Crippen molar-refractivity contribution in [1.82, 2.24) is 0 Å². The molecule has 0 aromatic heterocycles. The van der Waals surface area contributed by atoms with Gasteiger partial charge in [-0.2, -0.15) is 0 Å². The van der Waals surface area contributed by atoms with Crippen LogP contribution in [0.4, 0.5) is 0 Å². The Morgan fingerprint density at radius 3 is 0.700 bits per heavy atom. The first-order valence-corrected chi connectivity index (χ1v) is 3.07. The second-order valence-corrected chi connectivity index (χ2v) is 0.949. The minimum atomic E-state index is 0. The molecule has 3 N–H and O–H groups in total. The third kappa shape index (κ3) is 300. The topological polar surface area (TPSA) is 60.7 Å². The summed E-state index contributed by atoms with van der Waals surface area (Å²) in [6.45, 7) is 5.79. The van der Waals surface area contributed by atoms with Gasteiger partial charge in [-0.15, -0.1) is 0 Å². The summed E-state index contributed by atoms with van der Waals surface area (Å²) < 4.78 is 0. The van der Waals surface area contributed by atoms with Gasteiger partial charge in [-0.3, -0.25) is 0 Å². The largest absolute Gasteiger partial charge is 0.397 e. The maximum absolute atomic E-state index is 7.57. The summed E-state index contributed by atoms with van der Waals surface area (Å²) in [6, 6.07) is 0. The zero-order valence-corrected chi connectivity index (χ0v) is 10.6. The Hall–Kier alpha value is 1.52. The van der Waals surface area contributed by atoms with Crippen LogP contribution in [-0.2, 0) is 0 Å². The predicted octanol–water partition coefficient (Wildman–Crippen LogP) is -0.385. The molecule has 0 aromatic rings. The van der Waals surface area contributed by atoms with Crippen LogP contribution < -0.4 is 0 Å². The molecule has 3 nitrogen and oxygen atoms in total. The smallest absolute Gasteiger partial charge is 0.0402 e. The standard InChI is InChI=1S/3C2H6O.K/c3*1-2-3;/h3*3H,2H2,1H3;. The van der Waals surface area contributed by atoms with E-state index in [1.165, 1.54) is 0 Å². The van der Waals surface area contributed by atoms with E-state index in [2.05, 4.69) is 0 Å². The Morgan fingerprint density at radius 1 is 0.700 bits per heavy atom. The number of aliphatic hydroxyl groups excluding tert-OH is 3. The van der Waals surface area contributed by atoms with E-state index in [0.29, 0.717) is 0 Å². The van der Waals surface area contributed by atoms with Crippen LogP contribution >= 0.6 is 0 Å². The van der Waals surface area contributed by atoms with Crippen molar-refractivity contribution in [3.63, 3.8) is 0 Å². The molecule has 61 valence electrons. The van der Waals surface area contributed by atoms with E-state index >= 15 is 0 Å². The minimum Gasteiger partial charge on any atom is -0.397 e. The molecular formula is C6H18KO3. The van der Waals surface area contributed by atoms with E-state index in [9.17, 15) is 0 Å². The normalized spacial score (nSPS) is 5.40. The Kier molecular flexibility index (Phi) is 105. The molecule has 0 spiro atoms. The zero-order valence-electron chi connectivity index (χ0n) is 7.46. The molecule has 0 aliphatic heterocycles. The van der Waals surface area contributed by atoms with Crippen LogP contribution in [0.25, 0.3) is 0 Å². The molecule has 1 radical (unpaired) electrons. The summed E-state index contributed by atoms with van der Waals surface area (Å²) in [4.78, 5) is 0. The zero-order chi connectivity index (χ0) is 8.12. The van der Waals surface area contributed by atoms with Gasteiger partial charge < -0.3 is 15.3 Å². The number of rotatable bonds is 0. The molecule has 0 aromatic carbocycles. The Balaban J connectivity index is -0.0000000257. The molecule has 0 unspecified atom stereocenters. The van der Waals surface area contributed by atoms with Gasteiger partial charge in [0.2, 0.25) is 0 Å². The van der Waals surface area contributed by atoms with Gasteiger partial charge >= 0.3 is 0 Å². The fourth-order valence-corrected chi connectivity index (χ4v) is 0. The number of hydrogen-bond acceptors (Lipinski definition) is 3. The number of hydrogen-bond donors (Lipinski definition) is 3. The average Bonchev–Trinajstić information content (AvgIpc) is 1.70. The average molecular weight is 177 g/mol. The van der Waals surface area contributed by atoms with Gasteiger partial charge in [0.1, 0.15) is 0 Å². The van der Waals surface area contributed by atoms with E-state index in [0.717, 1.165) is 0 Å². The van der Waals surface area contributed by atoms with Crippen molar-refractivity contribution in [3.05, 3.63) is 0 Å². The van der Waals surface area contributed by atoms with E-state index in [1.54, 1.807) is 20.8 Å². The molecule has 0 bridgehead atoms. The summed E-state index contributed by atoms with van der Waals surface area (Å²) in [7, 11) is 0. The van der Waals surface area contributed by atoms with Crippen molar-refractivity contribution in [2.24, 2.45) is 0 Å². The van der Waals surface area contributed by atoms with Crippen LogP contribution in [0.3, 0.4) is 0 Å². The maximum atomic E-state index is 7.57. The second kappa shape index (κ2) is 46.7. The van der Waals surface area contributed by atoms with Crippen molar-refractivity contribution < 1.29 is 15.3 Å². The van der Waals surface area contributed by atoms with Gasteiger partial charge in [-0.05, 0) is 20.8 Å². The van der Waals surface area contributed by atoms with Crippen molar-refractivity contribution in [2.45, 2.75) is 20.8 Å². The van der Waals surface area contributed by atoms with Crippen molar-refractivity contribution >= 4 is 51.4 Å². The molecule has 0 saturated carbocycles. The summed E-state index contributed by atoms with van der Waals surface area (Å²) >= 11 is 0. The Bertz CT molecular complexity index is 17.7. The fraction of sp³-hybridized carbons (Fsp3) is 1.00. The summed E-state index contributed by atoms with van der Waals surface area (Å²) in [5.41, 5.74) is 0. The first-order chi connectivity index (χ1) is 4.24. The second-order valence-electron chi connectivity index (χ2n) is 0.949. The molecule has 0 rings (SSSR count). The first-order valence-electron chi connectivity index (χ1n) is 3.07. The van der Waals surface area contributed by atoms with E-state index in [4.69, 9.17) is 15.3 Å². The van der Waals surface area contributed by atoms with Gasteiger partial charge in [0.05, 0.1) is 0 Å². The quantitative estimate of drug-likeness (QED) is 0.442. The van der Waals surface area contributed by atoms with Gasteiger partial charge in [-0.25, -0.2) is 0 Å². The van der Waals surface area contributed by atoms with Gasteiger partial charge in [0.15, 0.2) is 0 Å². The van der Waals surface area contributed by atoms with Gasteiger partial charge in [0.25, 0.3) is 0 Å². The molecule has 0 fully saturated rings. The molecule has 0 aliphatic carbocycles. The Labute approximate surface area is 106 Å². The van der Waals surface area contributed by atoms with Crippen LogP contribution in [0, 0.1) is 0 Å². The van der Waals surface area contributed by atoms with Crippen molar-refractivity contribution in [2.75, 3.05) is 19.8 Å². The third-order valence-electron chi connectivity index (χ3n) is 0. The van der Waals surface area contributed by atoms with Crippen LogP contribution in [0.2, 0.25) is 0 Å². The van der Waals surface area contributed by atoms with Crippen LogP contribution in [0.15, 0.2) is 0 Å². The molecular weight excluding hydrogens is 159 g/mol. The Morgan fingerprint density at radius 2 is 0.700 bits per heavy atom.